The Hall–Kier alpha value is -1.50. The Kier molecular flexibility index (Phi) is 6.89. The van der Waals surface area contributed by atoms with Gasteiger partial charge in [-0.05, 0) is 55.4 Å². The first kappa shape index (κ1) is 20.5. The molecule has 1 heterocycles. The molecule has 1 amide bonds. The molecule has 0 aliphatic carbocycles. The summed E-state index contributed by atoms with van der Waals surface area (Å²) in [6.45, 7) is 17.4. The van der Waals surface area contributed by atoms with Crippen molar-refractivity contribution in [2.45, 2.75) is 78.9 Å². The maximum absolute atomic E-state index is 12.7. The average Bonchev–Trinajstić information content (AvgIpc) is 2.63. The molecule has 2 unspecified atom stereocenters. The number of guanidine groups is 1. The fraction of sp³-hybridized carbons (Fsp3) is 0.882. The largest absolute Gasteiger partial charge is 0.444 e. The summed E-state index contributed by atoms with van der Waals surface area (Å²) >= 11 is 0. The maximum atomic E-state index is 12.7. The van der Waals surface area contributed by atoms with E-state index in [0.717, 1.165) is 19.0 Å². The molecule has 1 rings (SSSR count). The van der Waals surface area contributed by atoms with Gasteiger partial charge in [-0.25, -0.2) is 4.79 Å². The average molecular weight is 342 g/mol. The van der Waals surface area contributed by atoms with E-state index in [-0.39, 0.29) is 18.2 Å². The topological polar surface area (TPSA) is 75.2 Å². The molecule has 24 heavy (non-hydrogen) atoms. The van der Waals surface area contributed by atoms with Crippen LogP contribution in [0, 0.1) is 0 Å². The number of nitrogens with zero attached hydrogens (tertiary/aromatic N) is 2. The van der Waals surface area contributed by atoms with E-state index in [2.05, 4.69) is 15.6 Å². The molecule has 1 saturated heterocycles. The quantitative estimate of drug-likeness (QED) is 0.606. The molecule has 1 aliphatic heterocycles. The van der Waals surface area contributed by atoms with Gasteiger partial charge < -0.3 is 20.1 Å². The van der Waals surface area contributed by atoms with Crippen LogP contribution in [0.4, 0.5) is 4.79 Å². The lowest BCUT2D eigenvalue weighted by Crippen LogP contribution is -2.51. The van der Waals surface area contributed by atoms with Gasteiger partial charge in [0.2, 0.25) is 0 Å². The van der Waals surface area contributed by atoms with Gasteiger partial charge in [0.15, 0.2) is 5.96 Å². The Bertz CT molecular complexity index is 449. The smallest absolute Gasteiger partial charge is 0.412 e. The number of nitrogens with one attached hydrogen (secondary N) is 2. The molecule has 0 bridgehead atoms. The van der Waals surface area contributed by atoms with Crippen molar-refractivity contribution in [1.82, 2.24) is 15.5 Å². The highest BCUT2D eigenvalue weighted by Gasteiger charge is 2.49. The van der Waals surface area contributed by atoms with E-state index < -0.39 is 11.3 Å². The first-order valence-electron chi connectivity index (χ1n) is 8.74. The second-order valence-corrected chi connectivity index (χ2v) is 7.44. The van der Waals surface area contributed by atoms with Gasteiger partial charge in [-0.2, -0.15) is 0 Å². The van der Waals surface area contributed by atoms with Crippen LogP contribution in [0.15, 0.2) is 4.99 Å². The van der Waals surface area contributed by atoms with Crippen molar-refractivity contribution in [2.75, 3.05) is 19.6 Å². The van der Waals surface area contributed by atoms with E-state index in [0.29, 0.717) is 6.54 Å². The third kappa shape index (κ3) is 5.54. The Labute approximate surface area is 146 Å². The summed E-state index contributed by atoms with van der Waals surface area (Å²) in [4.78, 5) is 18.9. The SMILES string of the molecule is CCNC(=NCC1C(C)OC(C)(C)N1C(=O)OC(C)(C)C)NCC. The predicted octanol–water partition coefficient (Wildman–Crippen LogP) is 2.32. The van der Waals surface area contributed by atoms with Crippen LogP contribution in [-0.2, 0) is 9.47 Å². The molecular weight excluding hydrogens is 308 g/mol. The van der Waals surface area contributed by atoms with Crippen LogP contribution >= 0.6 is 0 Å². The Morgan fingerprint density at radius 3 is 2.25 bits per heavy atom. The minimum absolute atomic E-state index is 0.124. The van der Waals surface area contributed by atoms with Gasteiger partial charge in [-0.1, -0.05) is 0 Å². The van der Waals surface area contributed by atoms with E-state index in [9.17, 15) is 4.79 Å². The molecule has 0 spiro atoms. The van der Waals surface area contributed by atoms with Crippen LogP contribution in [0.25, 0.3) is 0 Å². The molecule has 0 saturated carbocycles. The third-order valence-corrected chi connectivity index (χ3v) is 3.64. The number of rotatable bonds is 4. The molecule has 2 N–H and O–H groups in total. The summed E-state index contributed by atoms with van der Waals surface area (Å²) in [7, 11) is 0. The zero-order valence-electron chi connectivity index (χ0n) is 16.4. The maximum Gasteiger partial charge on any atom is 0.412 e. The minimum atomic E-state index is -0.724. The van der Waals surface area contributed by atoms with E-state index in [1.54, 1.807) is 4.90 Å². The minimum Gasteiger partial charge on any atom is -0.444 e. The molecule has 7 heteroatoms. The molecular formula is C17H34N4O3. The summed E-state index contributed by atoms with van der Waals surface area (Å²) in [5, 5.41) is 6.38. The van der Waals surface area contributed by atoms with Gasteiger partial charge in [0.25, 0.3) is 0 Å². The van der Waals surface area contributed by atoms with Gasteiger partial charge >= 0.3 is 6.09 Å². The zero-order valence-corrected chi connectivity index (χ0v) is 16.4. The fourth-order valence-electron chi connectivity index (χ4n) is 2.79. The lowest BCUT2D eigenvalue weighted by atomic mass is 10.1. The monoisotopic (exact) mass is 342 g/mol. The first-order chi connectivity index (χ1) is 11.0. The van der Waals surface area contributed by atoms with Gasteiger partial charge in [-0.3, -0.25) is 9.89 Å². The number of carbonyl (C=O) groups excluding carboxylic acids is 1. The van der Waals surface area contributed by atoms with E-state index in [1.807, 2.05) is 55.4 Å². The number of amides is 1. The lowest BCUT2D eigenvalue weighted by Gasteiger charge is -2.34. The molecule has 0 aromatic rings. The standard InChI is InChI=1S/C17H34N4O3/c1-9-18-14(19-10-2)20-11-13-12(3)23-17(7,8)21(13)15(22)24-16(4,5)6/h12-13H,9-11H2,1-8H3,(H2,18,19,20). The Morgan fingerprint density at radius 1 is 1.25 bits per heavy atom. The van der Waals surface area contributed by atoms with Crippen LogP contribution in [0.3, 0.4) is 0 Å². The van der Waals surface area contributed by atoms with Gasteiger partial charge in [0.1, 0.15) is 11.3 Å². The van der Waals surface area contributed by atoms with Crippen molar-refractivity contribution in [3.63, 3.8) is 0 Å². The zero-order chi connectivity index (χ0) is 18.5. The second kappa shape index (κ2) is 8.05. The predicted molar refractivity (Wildman–Crippen MR) is 96.1 cm³/mol. The van der Waals surface area contributed by atoms with Crippen LogP contribution in [0.2, 0.25) is 0 Å². The number of hydrogen-bond acceptors (Lipinski definition) is 4. The third-order valence-electron chi connectivity index (χ3n) is 3.64. The van der Waals surface area contributed by atoms with Crippen LogP contribution < -0.4 is 10.6 Å². The number of aliphatic imine (C=N–C) groups is 1. The summed E-state index contributed by atoms with van der Waals surface area (Å²) < 4.78 is 11.5. The molecule has 2 atom stereocenters. The van der Waals surface area contributed by atoms with E-state index in [1.165, 1.54) is 0 Å². The van der Waals surface area contributed by atoms with E-state index in [4.69, 9.17) is 9.47 Å². The van der Waals surface area contributed by atoms with Crippen LogP contribution in [0.5, 0.6) is 0 Å². The van der Waals surface area contributed by atoms with Crippen LogP contribution in [-0.4, -0.2) is 60.1 Å². The summed E-state index contributed by atoms with van der Waals surface area (Å²) in [6.07, 6.45) is -0.494. The molecule has 0 aromatic carbocycles. The second-order valence-electron chi connectivity index (χ2n) is 7.44. The Morgan fingerprint density at radius 2 is 1.79 bits per heavy atom. The normalized spacial score (nSPS) is 22.9. The van der Waals surface area contributed by atoms with Crippen molar-refractivity contribution in [3.8, 4) is 0 Å². The number of carbonyl (C=O) groups is 1. The number of ether oxygens (including phenoxy) is 2. The lowest BCUT2D eigenvalue weighted by molar-refractivity contribution is -0.0755. The molecule has 1 aliphatic rings. The van der Waals surface area contributed by atoms with Crippen molar-refractivity contribution in [2.24, 2.45) is 4.99 Å². The van der Waals surface area contributed by atoms with Gasteiger partial charge in [0, 0.05) is 13.1 Å². The highest BCUT2D eigenvalue weighted by atomic mass is 16.6. The number of hydrogen-bond donors (Lipinski definition) is 2. The van der Waals surface area contributed by atoms with Crippen molar-refractivity contribution in [3.05, 3.63) is 0 Å². The summed E-state index contributed by atoms with van der Waals surface area (Å²) in [5.41, 5.74) is -1.27. The van der Waals surface area contributed by atoms with Gasteiger partial charge in [-0.15, -0.1) is 0 Å². The summed E-state index contributed by atoms with van der Waals surface area (Å²) in [6, 6.07) is -0.179. The van der Waals surface area contributed by atoms with Crippen LogP contribution in [0.1, 0.15) is 55.4 Å². The molecule has 0 aromatic heterocycles. The van der Waals surface area contributed by atoms with Crippen molar-refractivity contribution < 1.29 is 14.3 Å². The molecule has 0 radical (unpaired) electrons. The van der Waals surface area contributed by atoms with Gasteiger partial charge in [0.05, 0.1) is 18.7 Å². The molecule has 1 fully saturated rings. The van der Waals surface area contributed by atoms with E-state index >= 15 is 0 Å². The molecule has 140 valence electrons. The summed E-state index contributed by atoms with van der Waals surface area (Å²) in [5.74, 6) is 0.737. The fourth-order valence-corrected chi connectivity index (χ4v) is 2.79. The highest BCUT2D eigenvalue weighted by molar-refractivity contribution is 5.79. The highest BCUT2D eigenvalue weighted by Crippen LogP contribution is 2.33. The van der Waals surface area contributed by atoms with Crippen molar-refractivity contribution >= 4 is 12.1 Å². The first-order valence-corrected chi connectivity index (χ1v) is 8.74. The Balaban J connectivity index is 2.96. The van der Waals surface area contributed by atoms with Crippen molar-refractivity contribution in [1.29, 1.82) is 0 Å². The molecule has 7 nitrogen and oxygen atoms in total.